The molecule has 0 unspecified atom stereocenters. The third kappa shape index (κ3) is 3.85. The lowest BCUT2D eigenvalue weighted by Crippen LogP contribution is -2.29. The molecule has 0 spiro atoms. The van der Waals surface area contributed by atoms with Gasteiger partial charge in [0.25, 0.3) is 5.91 Å². The number of fused-ring (bicyclic) bond motifs is 1. The van der Waals surface area contributed by atoms with E-state index in [0.717, 1.165) is 17.4 Å². The molecule has 0 aliphatic rings. The summed E-state index contributed by atoms with van der Waals surface area (Å²) in [5, 5.41) is 7.38. The maximum absolute atomic E-state index is 12.2. The Hall–Kier alpha value is -3.15. The first-order valence-corrected chi connectivity index (χ1v) is 8.07. The fourth-order valence-corrected chi connectivity index (χ4v) is 2.40. The van der Waals surface area contributed by atoms with Gasteiger partial charge in [-0.15, -0.1) is 0 Å². The molecule has 6 nitrogen and oxygen atoms in total. The van der Waals surface area contributed by atoms with Gasteiger partial charge in [-0.1, -0.05) is 42.4 Å². The molecular formula is C19H18N2O4. The Labute approximate surface area is 144 Å². The Balaban J connectivity index is 1.79. The summed E-state index contributed by atoms with van der Waals surface area (Å²) >= 11 is 0. The largest absolute Gasteiger partial charge is 0.452 e. The zero-order valence-electron chi connectivity index (χ0n) is 13.8. The van der Waals surface area contributed by atoms with E-state index in [2.05, 4.69) is 10.5 Å². The molecule has 0 aliphatic heterocycles. The van der Waals surface area contributed by atoms with E-state index >= 15 is 0 Å². The molecule has 25 heavy (non-hydrogen) atoms. The van der Waals surface area contributed by atoms with E-state index in [0.29, 0.717) is 23.4 Å². The van der Waals surface area contributed by atoms with E-state index in [-0.39, 0.29) is 12.5 Å². The lowest BCUT2D eigenvalue weighted by molar-refractivity contribution is -0.124. The molecule has 0 aliphatic carbocycles. The second-order valence-corrected chi connectivity index (χ2v) is 5.54. The van der Waals surface area contributed by atoms with Crippen molar-refractivity contribution in [3.63, 3.8) is 0 Å². The summed E-state index contributed by atoms with van der Waals surface area (Å²) in [6.45, 7) is 2.21. The molecule has 1 heterocycles. The van der Waals surface area contributed by atoms with Crippen molar-refractivity contribution >= 4 is 22.8 Å². The lowest BCUT2D eigenvalue weighted by atomic mass is 10.1. The van der Waals surface area contributed by atoms with Crippen molar-refractivity contribution < 1.29 is 18.8 Å². The Bertz CT molecular complexity index is 887. The molecule has 3 rings (SSSR count). The normalized spacial score (nSPS) is 10.6. The van der Waals surface area contributed by atoms with Crippen LogP contribution in [0.1, 0.15) is 23.7 Å². The van der Waals surface area contributed by atoms with E-state index in [1.165, 1.54) is 0 Å². The highest BCUT2D eigenvalue weighted by atomic mass is 16.5. The first kappa shape index (κ1) is 16.7. The van der Waals surface area contributed by atoms with Crippen molar-refractivity contribution in [2.45, 2.75) is 13.3 Å². The maximum Gasteiger partial charge on any atom is 0.338 e. The van der Waals surface area contributed by atoms with Crippen molar-refractivity contribution in [3.8, 4) is 11.3 Å². The Kier molecular flexibility index (Phi) is 5.09. The van der Waals surface area contributed by atoms with Gasteiger partial charge >= 0.3 is 5.97 Å². The number of hydrogen-bond donors (Lipinski definition) is 1. The summed E-state index contributed by atoms with van der Waals surface area (Å²) in [6, 6.07) is 14.5. The predicted molar refractivity (Wildman–Crippen MR) is 93.0 cm³/mol. The molecule has 0 atom stereocenters. The van der Waals surface area contributed by atoms with Gasteiger partial charge in [-0.05, 0) is 24.6 Å². The molecule has 6 heteroatoms. The summed E-state index contributed by atoms with van der Waals surface area (Å²) < 4.78 is 10.5. The lowest BCUT2D eigenvalue weighted by Gasteiger charge is -2.05. The van der Waals surface area contributed by atoms with Gasteiger partial charge in [-0.3, -0.25) is 4.79 Å². The number of carbonyl (C=O) groups is 2. The van der Waals surface area contributed by atoms with Crippen LogP contribution in [0.25, 0.3) is 22.2 Å². The number of hydrogen-bond acceptors (Lipinski definition) is 5. The number of aromatic nitrogens is 1. The smallest absolute Gasteiger partial charge is 0.338 e. The minimum absolute atomic E-state index is 0.300. The summed E-state index contributed by atoms with van der Waals surface area (Å²) in [6.07, 6.45) is 0.826. The first-order valence-electron chi connectivity index (χ1n) is 8.07. The topological polar surface area (TPSA) is 81.4 Å². The van der Waals surface area contributed by atoms with Crippen LogP contribution in [0.3, 0.4) is 0 Å². The van der Waals surface area contributed by atoms with Gasteiger partial charge in [0.05, 0.1) is 10.9 Å². The molecule has 0 radical (unpaired) electrons. The minimum Gasteiger partial charge on any atom is -0.452 e. The molecule has 1 amide bonds. The Morgan fingerprint density at radius 1 is 1.16 bits per heavy atom. The summed E-state index contributed by atoms with van der Waals surface area (Å²) in [5.41, 5.74) is 1.86. The summed E-state index contributed by atoms with van der Waals surface area (Å²) in [7, 11) is 0. The SMILES string of the molecule is CCCNC(=O)COC(=O)c1ccc2noc(-c3ccccc3)c2c1. The van der Waals surface area contributed by atoms with E-state index < -0.39 is 5.97 Å². The average molecular weight is 338 g/mol. The number of carbonyl (C=O) groups excluding carboxylic acids is 2. The van der Waals surface area contributed by atoms with Crippen LogP contribution in [0.5, 0.6) is 0 Å². The monoisotopic (exact) mass is 338 g/mol. The molecule has 3 aromatic rings. The second kappa shape index (κ2) is 7.61. The van der Waals surface area contributed by atoms with Crippen molar-refractivity contribution in [1.29, 1.82) is 0 Å². The Morgan fingerprint density at radius 2 is 1.96 bits per heavy atom. The highest BCUT2D eigenvalue weighted by Gasteiger charge is 2.15. The quantitative estimate of drug-likeness (QED) is 0.698. The van der Waals surface area contributed by atoms with Crippen LogP contribution < -0.4 is 5.32 Å². The molecule has 2 aromatic carbocycles. The minimum atomic E-state index is -0.561. The molecule has 0 fully saturated rings. The van der Waals surface area contributed by atoms with Crippen molar-refractivity contribution in [3.05, 3.63) is 54.1 Å². The van der Waals surface area contributed by atoms with Gasteiger partial charge in [0, 0.05) is 12.1 Å². The number of ether oxygens (including phenoxy) is 1. The third-order valence-electron chi connectivity index (χ3n) is 3.65. The highest BCUT2D eigenvalue weighted by Crippen LogP contribution is 2.29. The molecule has 0 saturated carbocycles. The van der Waals surface area contributed by atoms with Gasteiger partial charge in [0.15, 0.2) is 12.4 Å². The number of nitrogens with zero attached hydrogens (tertiary/aromatic N) is 1. The van der Waals surface area contributed by atoms with Gasteiger partial charge in [0.2, 0.25) is 0 Å². The molecule has 0 bridgehead atoms. The van der Waals surface area contributed by atoms with Crippen LogP contribution in [-0.4, -0.2) is 30.2 Å². The summed E-state index contributed by atoms with van der Waals surface area (Å²) in [5.74, 6) is -0.286. The standard InChI is InChI=1S/C19H18N2O4/c1-2-10-20-17(22)12-24-19(23)14-8-9-16-15(11-14)18(25-21-16)13-6-4-3-5-7-13/h3-9,11H,2,10,12H2,1H3,(H,20,22). The Morgan fingerprint density at radius 3 is 2.72 bits per heavy atom. The first-order chi connectivity index (χ1) is 12.2. The van der Waals surface area contributed by atoms with Crippen LogP contribution in [0, 0.1) is 0 Å². The van der Waals surface area contributed by atoms with E-state index in [1.54, 1.807) is 18.2 Å². The van der Waals surface area contributed by atoms with Gasteiger partial charge in [-0.2, -0.15) is 0 Å². The van der Waals surface area contributed by atoms with Crippen LogP contribution in [0.2, 0.25) is 0 Å². The zero-order valence-corrected chi connectivity index (χ0v) is 13.8. The van der Waals surface area contributed by atoms with Crippen LogP contribution >= 0.6 is 0 Å². The number of esters is 1. The number of rotatable bonds is 6. The van der Waals surface area contributed by atoms with Crippen LogP contribution in [0.15, 0.2) is 53.1 Å². The van der Waals surface area contributed by atoms with Gasteiger partial charge in [-0.25, -0.2) is 4.79 Å². The molecule has 128 valence electrons. The predicted octanol–water partition coefficient (Wildman–Crippen LogP) is 3.18. The number of amides is 1. The fourth-order valence-electron chi connectivity index (χ4n) is 2.40. The fraction of sp³-hybridized carbons (Fsp3) is 0.211. The molecule has 1 N–H and O–H groups in total. The molecular weight excluding hydrogens is 320 g/mol. The average Bonchev–Trinajstić information content (AvgIpc) is 3.08. The van der Waals surface area contributed by atoms with Crippen molar-refractivity contribution in [2.75, 3.05) is 13.2 Å². The van der Waals surface area contributed by atoms with E-state index in [9.17, 15) is 9.59 Å². The zero-order chi connectivity index (χ0) is 17.6. The number of nitrogens with one attached hydrogen (secondary N) is 1. The molecule has 1 aromatic heterocycles. The van der Waals surface area contributed by atoms with E-state index in [1.807, 2.05) is 37.3 Å². The van der Waals surface area contributed by atoms with Gasteiger partial charge in [0.1, 0.15) is 5.52 Å². The van der Waals surface area contributed by atoms with Crippen molar-refractivity contribution in [2.24, 2.45) is 0 Å². The number of benzene rings is 2. The maximum atomic E-state index is 12.2. The highest BCUT2D eigenvalue weighted by molar-refractivity contribution is 5.99. The van der Waals surface area contributed by atoms with Crippen molar-refractivity contribution in [1.82, 2.24) is 10.5 Å². The van der Waals surface area contributed by atoms with Crippen LogP contribution in [-0.2, 0) is 9.53 Å². The van der Waals surface area contributed by atoms with Gasteiger partial charge < -0.3 is 14.6 Å². The van der Waals surface area contributed by atoms with Crippen LogP contribution in [0.4, 0.5) is 0 Å². The second-order valence-electron chi connectivity index (χ2n) is 5.54. The third-order valence-corrected chi connectivity index (χ3v) is 3.65. The molecule has 0 saturated heterocycles. The van der Waals surface area contributed by atoms with E-state index in [4.69, 9.17) is 9.26 Å². The summed E-state index contributed by atoms with van der Waals surface area (Å²) in [4.78, 5) is 23.7.